The molecule has 2 saturated carbocycles. The SMILES string of the molecule is O=C=NC1(c2ccccc2SC2CCC2)CC1. The molecule has 2 fully saturated rings. The van der Waals surface area contributed by atoms with Gasteiger partial charge in [0.1, 0.15) is 0 Å². The molecule has 0 aromatic heterocycles. The highest BCUT2D eigenvalue weighted by Gasteiger charge is 2.46. The Bertz CT molecular complexity index is 471. The maximum Gasteiger partial charge on any atom is 0.235 e. The van der Waals surface area contributed by atoms with Crippen molar-refractivity contribution >= 4 is 17.8 Å². The predicted octanol–water partition coefficient (Wildman–Crippen LogP) is 3.66. The summed E-state index contributed by atoms with van der Waals surface area (Å²) in [5.41, 5.74) is 1.01. The van der Waals surface area contributed by atoms with Gasteiger partial charge in [0.05, 0.1) is 5.54 Å². The summed E-state index contributed by atoms with van der Waals surface area (Å²) in [5, 5.41) is 0.771. The zero-order valence-corrected chi connectivity index (χ0v) is 10.5. The Labute approximate surface area is 106 Å². The number of hydrogen-bond acceptors (Lipinski definition) is 3. The van der Waals surface area contributed by atoms with Gasteiger partial charge in [-0.05, 0) is 37.3 Å². The van der Waals surface area contributed by atoms with E-state index < -0.39 is 0 Å². The van der Waals surface area contributed by atoms with Gasteiger partial charge >= 0.3 is 0 Å². The molecule has 2 aliphatic carbocycles. The Morgan fingerprint density at radius 2 is 2.06 bits per heavy atom. The smallest absolute Gasteiger partial charge is 0.211 e. The van der Waals surface area contributed by atoms with Crippen molar-refractivity contribution in [1.29, 1.82) is 0 Å². The largest absolute Gasteiger partial charge is 0.235 e. The summed E-state index contributed by atoms with van der Waals surface area (Å²) in [4.78, 5) is 15.9. The molecule has 1 aromatic rings. The van der Waals surface area contributed by atoms with Crippen LogP contribution in [0.3, 0.4) is 0 Å². The molecule has 0 spiro atoms. The first-order chi connectivity index (χ1) is 8.34. The van der Waals surface area contributed by atoms with E-state index in [4.69, 9.17) is 0 Å². The summed E-state index contributed by atoms with van der Waals surface area (Å²) in [6.07, 6.45) is 7.73. The van der Waals surface area contributed by atoms with Crippen LogP contribution in [0.5, 0.6) is 0 Å². The molecule has 3 heteroatoms. The van der Waals surface area contributed by atoms with Gasteiger partial charge in [0.25, 0.3) is 0 Å². The lowest BCUT2D eigenvalue weighted by molar-refractivity contribution is 0.521. The number of carbonyl (C=O) groups excluding carboxylic acids is 1. The molecule has 0 bridgehead atoms. The molecule has 0 aliphatic heterocycles. The average molecular weight is 245 g/mol. The first-order valence-corrected chi connectivity index (χ1v) is 7.07. The lowest BCUT2D eigenvalue weighted by Crippen LogP contribution is -2.14. The van der Waals surface area contributed by atoms with Crippen LogP contribution in [-0.2, 0) is 10.3 Å². The molecule has 17 heavy (non-hydrogen) atoms. The van der Waals surface area contributed by atoms with Crippen LogP contribution in [0, 0.1) is 0 Å². The van der Waals surface area contributed by atoms with Crippen molar-refractivity contribution in [3.05, 3.63) is 29.8 Å². The predicted molar refractivity (Wildman–Crippen MR) is 69.0 cm³/mol. The fourth-order valence-corrected chi connectivity index (χ4v) is 3.74. The summed E-state index contributed by atoms with van der Waals surface area (Å²) in [6, 6.07) is 8.40. The van der Waals surface area contributed by atoms with Crippen LogP contribution in [0.1, 0.15) is 37.7 Å². The van der Waals surface area contributed by atoms with Crippen molar-refractivity contribution in [3.8, 4) is 0 Å². The maximum absolute atomic E-state index is 10.5. The minimum Gasteiger partial charge on any atom is -0.211 e. The summed E-state index contributed by atoms with van der Waals surface area (Å²) in [6.45, 7) is 0. The minimum absolute atomic E-state index is 0.227. The van der Waals surface area contributed by atoms with Gasteiger partial charge in [0.15, 0.2) is 0 Å². The molecule has 1 aromatic carbocycles. The van der Waals surface area contributed by atoms with E-state index in [9.17, 15) is 4.79 Å². The van der Waals surface area contributed by atoms with Crippen LogP contribution in [0.25, 0.3) is 0 Å². The van der Waals surface area contributed by atoms with Gasteiger partial charge in [-0.25, -0.2) is 4.79 Å². The average Bonchev–Trinajstić information content (AvgIpc) is 3.06. The van der Waals surface area contributed by atoms with E-state index in [0.29, 0.717) is 0 Å². The van der Waals surface area contributed by atoms with Crippen LogP contribution in [0.2, 0.25) is 0 Å². The van der Waals surface area contributed by atoms with Gasteiger partial charge in [0, 0.05) is 10.1 Å². The zero-order chi connectivity index (χ0) is 11.7. The highest BCUT2D eigenvalue weighted by atomic mass is 32.2. The van der Waals surface area contributed by atoms with E-state index in [1.54, 1.807) is 6.08 Å². The highest BCUT2D eigenvalue weighted by molar-refractivity contribution is 8.00. The fraction of sp³-hybridized carbons (Fsp3) is 0.500. The molecular weight excluding hydrogens is 230 g/mol. The third kappa shape index (κ3) is 2.05. The third-order valence-electron chi connectivity index (χ3n) is 3.72. The second kappa shape index (κ2) is 4.32. The summed E-state index contributed by atoms with van der Waals surface area (Å²) in [7, 11) is 0. The van der Waals surface area contributed by atoms with E-state index in [2.05, 4.69) is 23.2 Å². The molecule has 0 unspecified atom stereocenters. The molecule has 3 rings (SSSR count). The van der Waals surface area contributed by atoms with Crippen LogP contribution >= 0.6 is 11.8 Å². The standard InChI is InChI=1S/C14H15NOS/c16-10-15-14(8-9-14)12-6-1-2-7-13(12)17-11-4-3-5-11/h1-2,6-7,11H,3-5,8-9H2. The summed E-state index contributed by atoms with van der Waals surface area (Å²) < 4.78 is 0. The highest BCUT2D eigenvalue weighted by Crippen LogP contribution is 2.53. The number of thioether (sulfide) groups is 1. The molecule has 0 amide bonds. The monoisotopic (exact) mass is 245 g/mol. The van der Waals surface area contributed by atoms with Crippen molar-refractivity contribution in [2.75, 3.05) is 0 Å². The van der Waals surface area contributed by atoms with E-state index in [0.717, 1.165) is 18.1 Å². The Balaban J connectivity index is 1.90. The van der Waals surface area contributed by atoms with Crippen LogP contribution in [0.4, 0.5) is 0 Å². The van der Waals surface area contributed by atoms with Crippen molar-refractivity contribution in [3.63, 3.8) is 0 Å². The van der Waals surface area contributed by atoms with E-state index in [1.165, 1.54) is 29.7 Å². The van der Waals surface area contributed by atoms with Crippen LogP contribution in [-0.4, -0.2) is 11.3 Å². The molecule has 88 valence electrons. The van der Waals surface area contributed by atoms with Crippen LogP contribution in [0.15, 0.2) is 34.2 Å². The molecule has 0 atom stereocenters. The van der Waals surface area contributed by atoms with Crippen molar-refractivity contribution in [2.24, 2.45) is 4.99 Å². The second-order valence-corrected chi connectivity index (χ2v) is 6.24. The Hall–Kier alpha value is -1.05. The van der Waals surface area contributed by atoms with Gasteiger partial charge in [-0.3, -0.25) is 0 Å². The fourth-order valence-electron chi connectivity index (χ4n) is 2.27. The van der Waals surface area contributed by atoms with Gasteiger partial charge in [-0.2, -0.15) is 4.99 Å². The summed E-state index contributed by atoms with van der Waals surface area (Å²) >= 11 is 1.96. The molecule has 0 radical (unpaired) electrons. The molecule has 2 nitrogen and oxygen atoms in total. The van der Waals surface area contributed by atoms with E-state index in [-0.39, 0.29) is 5.54 Å². The number of rotatable bonds is 4. The third-order valence-corrected chi connectivity index (χ3v) is 5.13. The Kier molecular flexibility index (Phi) is 2.81. The number of benzene rings is 1. The van der Waals surface area contributed by atoms with Crippen molar-refractivity contribution in [1.82, 2.24) is 0 Å². The normalized spacial score (nSPS) is 21.4. The topological polar surface area (TPSA) is 29.4 Å². The number of aliphatic imine (C=N–C) groups is 1. The van der Waals surface area contributed by atoms with Gasteiger partial charge in [0.2, 0.25) is 6.08 Å². The Morgan fingerprint density at radius 3 is 2.65 bits per heavy atom. The van der Waals surface area contributed by atoms with E-state index >= 15 is 0 Å². The molecule has 2 aliphatic rings. The van der Waals surface area contributed by atoms with Gasteiger partial charge in [-0.1, -0.05) is 24.6 Å². The van der Waals surface area contributed by atoms with Gasteiger partial charge in [-0.15, -0.1) is 11.8 Å². The number of hydrogen-bond donors (Lipinski definition) is 0. The zero-order valence-electron chi connectivity index (χ0n) is 9.69. The Morgan fingerprint density at radius 1 is 1.29 bits per heavy atom. The molecule has 0 heterocycles. The molecule has 0 N–H and O–H groups in total. The lowest BCUT2D eigenvalue weighted by Gasteiger charge is -2.26. The summed E-state index contributed by atoms with van der Waals surface area (Å²) in [5.74, 6) is 0. The quantitative estimate of drug-likeness (QED) is 0.598. The van der Waals surface area contributed by atoms with Crippen molar-refractivity contribution < 1.29 is 4.79 Å². The number of isocyanates is 1. The first-order valence-electron chi connectivity index (χ1n) is 6.19. The van der Waals surface area contributed by atoms with Crippen molar-refractivity contribution in [2.45, 2.75) is 47.8 Å². The van der Waals surface area contributed by atoms with Gasteiger partial charge < -0.3 is 0 Å². The van der Waals surface area contributed by atoms with E-state index in [1.807, 2.05) is 17.8 Å². The lowest BCUT2D eigenvalue weighted by atomic mass is 10.00. The second-order valence-electron chi connectivity index (χ2n) is 4.90. The number of nitrogens with zero attached hydrogens (tertiary/aromatic N) is 1. The molecule has 0 saturated heterocycles. The minimum atomic E-state index is -0.227. The molecular formula is C14H15NOS. The van der Waals surface area contributed by atoms with Crippen LogP contribution < -0.4 is 0 Å². The maximum atomic E-state index is 10.5. The first kappa shape index (κ1) is 11.1.